The van der Waals surface area contributed by atoms with E-state index >= 15 is 0 Å². The van der Waals surface area contributed by atoms with E-state index in [9.17, 15) is 5.11 Å². The lowest BCUT2D eigenvalue weighted by molar-refractivity contribution is 0.166. The zero-order valence-electron chi connectivity index (χ0n) is 13.4. The van der Waals surface area contributed by atoms with E-state index in [0.717, 1.165) is 25.2 Å². The summed E-state index contributed by atoms with van der Waals surface area (Å²) in [6.45, 7) is 6.99. The number of benzene rings is 1. The Morgan fingerprint density at radius 3 is 2.59 bits per heavy atom. The molecule has 3 N–H and O–H groups in total. The van der Waals surface area contributed by atoms with Crippen LogP contribution in [0.2, 0.25) is 0 Å². The van der Waals surface area contributed by atoms with Crippen molar-refractivity contribution in [3.63, 3.8) is 0 Å². The van der Waals surface area contributed by atoms with Gasteiger partial charge in [0, 0.05) is 36.9 Å². The molecule has 5 heteroatoms. The van der Waals surface area contributed by atoms with Crippen LogP contribution in [0.15, 0.2) is 42.7 Å². The van der Waals surface area contributed by atoms with E-state index in [1.165, 1.54) is 5.56 Å². The summed E-state index contributed by atoms with van der Waals surface area (Å²) in [6, 6.07) is 10.3. The van der Waals surface area contributed by atoms with Crippen LogP contribution in [0.5, 0.6) is 0 Å². The highest BCUT2D eigenvalue weighted by Crippen LogP contribution is 2.09. The highest BCUT2D eigenvalue weighted by atomic mass is 16.3. The molecule has 2 rings (SSSR count). The summed E-state index contributed by atoms with van der Waals surface area (Å²) in [7, 11) is 0. The van der Waals surface area contributed by atoms with Gasteiger partial charge in [0.1, 0.15) is 0 Å². The third kappa shape index (κ3) is 5.60. The molecule has 1 heterocycles. The fraction of sp³-hybridized carbons (Fsp3) is 0.471. The van der Waals surface area contributed by atoms with Crippen molar-refractivity contribution in [3.05, 3.63) is 53.9 Å². The molecule has 0 bridgehead atoms. The molecule has 2 aromatic rings. The Hall–Kier alpha value is -1.69. The van der Waals surface area contributed by atoms with Gasteiger partial charge in [-0.3, -0.25) is 9.58 Å². The number of hydrogen-bond donors (Lipinski definition) is 2. The summed E-state index contributed by atoms with van der Waals surface area (Å²) >= 11 is 0. The molecule has 0 aliphatic carbocycles. The molecule has 0 saturated carbocycles. The van der Waals surface area contributed by atoms with Gasteiger partial charge in [0.25, 0.3) is 0 Å². The maximum Gasteiger partial charge on any atom is 0.0659 e. The van der Waals surface area contributed by atoms with Crippen LogP contribution in [0, 0.1) is 0 Å². The van der Waals surface area contributed by atoms with E-state index in [2.05, 4.69) is 28.3 Å². The Balaban J connectivity index is 1.97. The highest BCUT2D eigenvalue weighted by molar-refractivity contribution is 5.15. The van der Waals surface area contributed by atoms with Gasteiger partial charge in [0.15, 0.2) is 0 Å². The van der Waals surface area contributed by atoms with Crippen molar-refractivity contribution >= 4 is 0 Å². The molecule has 0 aliphatic rings. The van der Waals surface area contributed by atoms with Gasteiger partial charge in [0.2, 0.25) is 0 Å². The molecular formula is C17H26N4O. The summed E-state index contributed by atoms with van der Waals surface area (Å²) in [5, 5.41) is 13.6. The fourth-order valence-electron chi connectivity index (χ4n) is 2.53. The van der Waals surface area contributed by atoms with Crippen molar-refractivity contribution in [2.24, 2.45) is 5.73 Å². The SMILES string of the molecule is CC(C)(N)CN(CCO)Cc1cnn(Cc2ccccc2)c1. The van der Waals surface area contributed by atoms with Crippen LogP contribution in [0.25, 0.3) is 0 Å². The zero-order valence-corrected chi connectivity index (χ0v) is 13.4. The molecule has 5 nitrogen and oxygen atoms in total. The molecule has 0 unspecified atom stereocenters. The Morgan fingerprint density at radius 2 is 1.95 bits per heavy atom. The molecule has 1 aromatic heterocycles. The third-order valence-corrected chi connectivity index (χ3v) is 3.33. The standard InChI is InChI=1S/C17H26N4O/c1-17(2,18)14-20(8-9-22)11-16-10-19-21(13-16)12-15-6-4-3-5-7-15/h3-7,10,13,22H,8-9,11-12,14,18H2,1-2H3. The number of aliphatic hydroxyl groups is 1. The van der Waals surface area contributed by atoms with Crippen molar-refractivity contribution in [1.29, 1.82) is 0 Å². The monoisotopic (exact) mass is 302 g/mol. The molecule has 0 amide bonds. The first-order valence-corrected chi connectivity index (χ1v) is 7.63. The van der Waals surface area contributed by atoms with Gasteiger partial charge in [-0.25, -0.2) is 0 Å². The number of aliphatic hydroxyl groups excluding tert-OH is 1. The normalized spacial score (nSPS) is 12.0. The van der Waals surface area contributed by atoms with E-state index in [-0.39, 0.29) is 12.1 Å². The van der Waals surface area contributed by atoms with Gasteiger partial charge in [-0.15, -0.1) is 0 Å². The predicted octanol–water partition coefficient (Wildman–Crippen LogP) is 1.46. The van der Waals surface area contributed by atoms with Crippen molar-refractivity contribution in [3.8, 4) is 0 Å². The average Bonchev–Trinajstić information content (AvgIpc) is 2.85. The maximum absolute atomic E-state index is 9.21. The zero-order chi connectivity index (χ0) is 16.0. The maximum atomic E-state index is 9.21. The van der Waals surface area contributed by atoms with E-state index in [4.69, 9.17) is 5.73 Å². The molecule has 0 saturated heterocycles. The molecule has 0 spiro atoms. The second kappa shape index (κ2) is 7.54. The summed E-state index contributed by atoms with van der Waals surface area (Å²) in [5.41, 5.74) is 8.16. The smallest absolute Gasteiger partial charge is 0.0659 e. The highest BCUT2D eigenvalue weighted by Gasteiger charge is 2.17. The Morgan fingerprint density at radius 1 is 1.23 bits per heavy atom. The summed E-state index contributed by atoms with van der Waals surface area (Å²) in [4.78, 5) is 2.16. The van der Waals surface area contributed by atoms with E-state index < -0.39 is 0 Å². The number of aromatic nitrogens is 2. The van der Waals surface area contributed by atoms with Gasteiger partial charge < -0.3 is 10.8 Å². The van der Waals surface area contributed by atoms with Gasteiger partial charge in [-0.2, -0.15) is 5.10 Å². The molecule has 0 aliphatic heterocycles. The minimum Gasteiger partial charge on any atom is -0.395 e. The molecule has 0 fully saturated rings. The van der Waals surface area contributed by atoms with Crippen molar-refractivity contribution in [2.45, 2.75) is 32.5 Å². The van der Waals surface area contributed by atoms with Gasteiger partial charge in [-0.1, -0.05) is 30.3 Å². The number of hydrogen-bond acceptors (Lipinski definition) is 4. The second-order valence-corrected chi connectivity index (χ2v) is 6.45. The van der Waals surface area contributed by atoms with Crippen LogP contribution >= 0.6 is 0 Å². The van der Waals surface area contributed by atoms with E-state index in [1.54, 1.807) is 0 Å². The number of nitrogens with two attached hydrogens (primary N) is 1. The lowest BCUT2D eigenvalue weighted by Crippen LogP contribution is -2.45. The summed E-state index contributed by atoms with van der Waals surface area (Å²) in [5.74, 6) is 0. The first kappa shape index (κ1) is 16.7. The van der Waals surface area contributed by atoms with E-state index in [0.29, 0.717) is 6.54 Å². The predicted molar refractivity (Wildman–Crippen MR) is 88.4 cm³/mol. The fourth-order valence-corrected chi connectivity index (χ4v) is 2.53. The van der Waals surface area contributed by atoms with Gasteiger partial charge in [0.05, 0.1) is 19.3 Å². The minimum atomic E-state index is -0.283. The van der Waals surface area contributed by atoms with E-state index in [1.807, 2.05) is 42.9 Å². The Kier molecular flexibility index (Phi) is 5.71. The Bertz CT molecular complexity index is 560. The topological polar surface area (TPSA) is 67.3 Å². The van der Waals surface area contributed by atoms with Crippen LogP contribution < -0.4 is 5.73 Å². The van der Waals surface area contributed by atoms with Crippen LogP contribution in [-0.2, 0) is 13.1 Å². The largest absolute Gasteiger partial charge is 0.395 e. The first-order valence-electron chi connectivity index (χ1n) is 7.63. The van der Waals surface area contributed by atoms with Crippen molar-refractivity contribution in [1.82, 2.24) is 14.7 Å². The molecule has 22 heavy (non-hydrogen) atoms. The first-order chi connectivity index (χ1) is 10.5. The molecular weight excluding hydrogens is 276 g/mol. The second-order valence-electron chi connectivity index (χ2n) is 6.45. The Labute approximate surface area is 132 Å². The summed E-state index contributed by atoms with van der Waals surface area (Å²) in [6.07, 6.45) is 3.94. The summed E-state index contributed by atoms with van der Waals surface area (Å²) < 4.78 is 1.94. The van der Waals surface area contributed by atoms with Crippen LogP contribution in [0.1, 0.15) is 25.0 Å². The quantitative estimate of drug-likeness (QED) is 0.775. The molecule has 120 valence electrons. The lowest BCUT2D eigenvalue weighted by Gasteiger charge is -2.28. The number of rotatable bonds is 8. The third-order valence-electron chi connectivity index (χ3n) is 3.33. The lowest BCUT2D eigenvalue weighted by atomic mass is 10.1. The molecule has 0 atom stereocenters. The van der Waals surface area contributed by atoms with Crippen molar-refractivity contribution < 1.29 is 5.11 Å². The molecule has 0 radical (unpaired) electrons. The van der Waals surface area contributed by atoms with Crippen molar-refractivity contribution in [2.75, 3.05) is 19.7 Å². The van der Waals surface area contributed by atoms with Gasteiger partial charge >= 0.3 is 0 Å². The molecule has 1 aromatic carbocycles. The minimum absolute atomic E-state index is 0.133. The van der Waals surface area contributed by atoms with Crippen LogP contribution in [0.4, 0.5) is 0 Å². The van der Waals surface area contributed by atoms with Crippen LogP contribution in [-0.4, -0.2) is 45.0 Å². The number of nitrogens with zero attached hydrogens (tertiary/aromatic N) is 3. The van der Waals surface area contributed by atoms with Crippen LogP contribution in [0.3, 0.4) is 0 Å². The average molecular weight is 302 g/mol. The van der Waals surface area contributed by atoms with Gasteiger partial charge in [-0.05, 0) is 19.4 Å².